The first kappa shape index (κ1) is 17.3. The van der Waals surface area contributed by atoms with Gasteiger partial charge in [-0.05, 0) is 19.4 Å². The minimum absolute atomic E-state index is 0.0707. The molecule has 0 saturated heterocycles. The number of carbonyl (C=O) groups excluding carboxylic acids is 1. The fourth-order valence-corrected chi connectivity index (χ4v) is 2.18. The number of rotatable bonds is 7. The maximum Gasteiger partial charge on any atom is 0.242 e. The predicted octanol–water partition coefficient (Wildman–Crippen LogP) is 3.15. The number of terminal acetylenes is 1. The van der Waals surface area contributed by atoms with Crippen molar-refractivity contribution < 1.29 is 9.53 Å². The van der Waals surface area contributed by atoms with Crippen LogP contribution in [0.5, 0.6) is 0 Å². The Morgan fingerprint density at radius 3 is 2.52 bits per heavy atom. The monoisotopic (exact) mass is 305 g/mol. The number of hydrogen-bond acceptors (Lipinski definition) is 2. The van der Waals surface area contributed by atoms with E-state index in [-0.39, 0.29) is 18.4 Å². The van der Waals surface area contributed by atoms with Gasteiger partial charge in [0.15, 0.2) is 0 Å². The molecule has 0 aliphatic carbocycles. The SMILES string of the molecule is C#CCOCCN(C(=O)CCl)C(=C(C)C)c1ccccc1. The van der Waals surface area contributed by atoms with Gasteiger partial charge in [0.2, 0.25) is 5.91 Å². The molecule has 4 heteroatoms. The molecule has 21 heavy (non-hydrogen) atoms. The standard InChI is InChI=1S/C17H20ClNO2/c1-4-11-21-12-10-19(16(20)13-18)17(14(2)3)15-8-6-5-7-9-15/h1,5-9H,10-13H2,2-3H3. The van der Waals surface area contributed by atoms with Gasteiger partial charge in [-0.1, -0.05) is 41.8 Å². The minimum Gasteiger partial charge on any atom is -0.367 e. The van der Waals surface area contributed by atoms with E-state index in [9.17, 15) is 4.79 Å². The molecule has 0 saturated carbocycles. The van der Waals surface area contributed by atoms with Crippen LogP contribution in [0.15, 0.2) is 35.9 Å². The lowest BCUT2D eigenvalue weighted by Crippen LogP contribution is -2.34. The first-order valence-corrected chi connectivity index (χ1v) is 7.25. The van der Waals surface area contributed by atoms with Gasteiger partial charge < -0.3 is 9.64 Å². The molecule has 0 radical (unpaired) electrons. The summed E-state index contributed by atoms with van der Waals surface area (Å²) < 4.78 is 5.28. The van der Waals surface area contributed by atoms with Crippen LogP contribution in [0.25, 0.3) is 5.70 Å². The Labute approximate surface area is 131 Å². The van der Waals surface area contributed by atoms with E-state index in [1.54, 1.807) is 4.90 Å². The second-order valence-electron chi connectivity index (χ2n) is 4.65. The molecule has 112 valence electrons. The molecular weight excluding hydrogens is 286 g/mol. The number of hydrogen-bond donors (Lipinski definition) is 0. The van der Waals surface area contributed by atoms with Gasteiger partial charge in [0, 0.05) is 12.2 Å². The lowest BCUT2D eigenvalue weighted by Gasteiger charge is -2.26. The van der Waals surface area contributed by atoms with E-state index < -0.39 is 0 Å². The second-order valence-corrected chi connectivity index (χ2v) is 4.92. The van der Waals surface area contributed by atoms with E-state index in [1.807, 2.05) is 44.2 Å². The molecule has 0 unspecified atom stereocenters. The fourth-order valence-electron chi connectivity index (χ4n) is 2.03. The average molecular weight is 306 g/mol. The molecule has 0 heterocycles. The number of carbonyl (C=O) groups is 1. The summed E-state index contributed by atoms with van der Waals surface area (Å²) in [5.41, 5.74) is 2.88. The van der Waals surface area contributed by atoms with Gasteiger partial charge in [-0.2, -0.15) is 0 Å². The van der Waals surface area contributed by atoms with Crippen molar-refractivity contribution in [1.29, 1.82) is 0 Å². The van der Waals surface area contributed by atoms with Gasteiger partial charge in [-0.3, -0.25) is 4.79 Å². The third kappa shape index (κ3) is 5.26. The quantitative estimate of drug-likeness (QED) is 0.440. The smallest absolute Gasteiger partial charge is 0.242 e. The normalized spacial score (nSPS) is 9.81. The molecule has 0 aliphatic rings. The van der Waals surface area contributed by atoms with Crippen molar-refractivity contribution in [3.05, 3.63) is 41.5 Å². The molecule has 0 N–H and O–H groups in total. The molecule has 1 aromatic carbocycles. The van der Waals surface area contributed by atoms with E-state index in [4.69, 9.17) is 22.8 Å². The predicted molar refractivity (Wildman–Crippen MR) is 86.8 cm³/mol. The summed E-state index contributed by atoms with van der Waals surface area (Å²) in [5, 5.41) is 0. The van der Waals surface area contributed by atoms with Crippen LogP contribution in [-0.4, -0.2) is 36.4 Å². The van der Waals surface area contributed by atoms with Crippen LogP contribution in [0, 0.1) is 12.3 Å². The molecule has 1 aromatic rings. The van der Waals surface area contributed by atoms with Crippen LogP contribution in [0.1, 0.15) is 19.4 Å². The molecule has 1 rings (SSSR count). The Morgan fingerprint density at radius 1 is 1.33 bits per heavy atom. The van der Waals surface area contributed by atoms with Gasteiger partial charge in [-0.25, -0.2) is 0 Å². The highest BCUT2D eigenvalue weighted by atomic mass is 35.5. The molecule has 0 fully saturated rings. The van der Waals surface area contributed by atoms with Crippen LogP contribution in [0.4, 0.5) is 0 Å². The molecule has 0 spiro atoms. The van der Waals surface area contributed by atoms with Crippen LogP contribution in [-0.2, 0) is 9.53 Å². The van der Waals surface area contributed by atoms with E-state index >= 15 is 0 Å². The van der Waals surface area contributed by atoms with Crippen molar-refractivity contribution in [2.45, 2.75) is 13.8 Å². The summed E-state index contributed by atoms with van der Waals surface area (Å²) in [7, 11) is 0. The zero-order valence-electron chi connectivity index (χ0n) is 12.4. The molecule has 0 atom stereocenters. The molecule has 3 nitrogen and oxygen atoms in total. The summed E-state index contributed by atoms with van der Waals surface area (Å²) in [6.07, 6.45) is 5.14. The molecule has 1 amide bonds. The van der Waals surface area contributed by atoms with Gasteiger partial charge in [0.25, 0.3) is 0 Å². The Kier molecular flexibility index (Phi) is 7.60. The van der Waals surface area contributed by atoms with Gasteiger partial charge in [0.05, 0.1) is 6.61 Å². The van der Waals surface area contributed by atoms with Crippen LogP contribution >= 0.6 is 11.6 Å². The highest BCUT2D eigenvalue weighted by Gasteiger charge is 2.19. The number of ether oxygens (including phenoxy) is 1. The van der Waals surface area contributed by atoms with Crippen molar-refractivity contribution in [3.63, 3.8) is 0 Å². The fraction of sp³-hybridized carbons (Fsp3) is 0.353. The topological polar surface area (TPSA) is 29.5 Å². The zero-order valence-corrected chi connectivity index (χ0v) is 13.2. The van der Waals surface area contributed by atoms with Crippen molar-refractivity contribution in [3.8, 4) is 12.3 Å². The van der Waals surface area contributed by atoms with Crippen LogP contribution < -0.4 is 0 Å². The van der Waals surface area contributed by atoms with Crippen molar-refractivity contribution >= 4 is 23.2 Å². The Morgan fingerprint density at radius 2 is 2.00 bits per heavy atom. The zero-order chi connectivity index (χ0) is 15.7. The summed E-state index contributed by atoms with van der Waals surface area (Å²) in [6, 6.07) is 9.76. The van der Waals surface area contributed by atoms with E-state index in [2.05, 4.69) is 5.92 Å². The second kappa shape index (κ2) is 9.23. The lowest BCUT2D eigenvalue weighted by atomic mass is 10.1. The van der Waals surface area contributed by atoms with Crippen molar-refractivity contribution in [2.24, 2.45) is 0 Å². The van der Waals surface area contributed by atoms with Gasteiger partial charge >= 0.3 is 0 Å². The summed E-state index contributed by atoms with van der Waals surface area (Å²) in [6.45, 7) is 4.97. The third-order valence-corrected chi connectivity index (χ3v) is 3.08. The Balaban J connectivity index is 3.01. The molecule has 0 bridgehead atoms. The van der Waals surface area contributed by atoms with Crippen LogP contribution in [0.2, 0.25) is 0 Å². The number of nitrogens with zero attached hydrogens (tertiary/aromatic N) is 1. The van der Waals surface area contributed by atoms with E-state index in [1.165, 1.54) is 0 Å². The first-order valence-electron chi connectivity index (χ1n) is 6.72. The Hall–Kier alpha value is -1.76. The van der Waals surface area contributed by atoms with Gasteiger partial charge in [-0.15, -0.1) is 18.0 Å². The van der Waals surface area contributed by atoms with E-state index in [0.717, 1.165) is 16.8 Å². The largest absolute Gasteiger partial charge is 0.367 e. The first-order chi connectivity index (χ1) is 10.1. The number of benzene rings is 1. The third-order valence-electron chi connectivity index (χ3n) is 2.85. The minimum atomic E-state index is -0.152. The summed E-state index contributed by atoms with van der Waals surface area (Å²) in [5.74, 6) is 2.18. The molecule has 0 aromatic heterocycles. The lowest BCUT2D eigenvalue weighted by molar-refractivity contribution is -0.125. The number of alkyl halides is 1. The number of allylic oxidation sites excluding steroid dienone is 1. The van der Waals surface area contributed by atoms with Crippen molar-refractivity contribution in [2.75, 3.05) is 25.6 Å². The van der Waals surface area contributed by atoms with Gasteiger partial charge in [0.1, 0.15) is 12.5 Å². The number of halogens is 1. The maximum absolute atomic E-state index is 12.2. The average Bonchev–Trinajstić information content (AvgIpc) is 2.50. The maximum atomic E-state index is 12.2. The molecular formula is C17H20ClNO2. The summed E-state index contributed by atoms with van der Waals surface area (Å²) >= 11 is 5.74. The highest BCUT2D eigenvalue weighted by molar-refractivity contribution is 6.27. The number of amides is 1. The molecule has 0 aliphatic heterocycles. The summed E-state index contributed by atoms with van der Waals surface area (Å²) in [4.78, 5) is 13.8. The Bertz CT molecular complexity index is 527. The van der Waals surface area contributed by atoms with Crippen LogP contribution in [0.3, 0.4) is 0 Å². The van der Waals surface area contributed by atoms with Crippen molar-refractivity contribution in [1.82, 2.24) is 4.90 Å². The van der Waals surface area contributed by atoms with E-state index in [0.29, 0.717) is 13.2 Å². The highest BCUT2D eigenvalue weighted by Crippen LogP contribution is 2.23.